The molecule has 0 saturated carbocycles. The van der Waals surface area contributed by atoms with Crippen molar-refractivity contribution < 1.29 is 9.59 Å². The standard InChI is InChI=1S/C21H24N4O2/c26-19(23-13-17-8-4-5-10-22-17)18-12-21(20(27)24-18)9-11-25(15-21)14-16-6-2-1-3-7-16/h1-8,10,18H,9,11-15H2,(H,23,26)(H,24,27)/t18-,21-/m0/s1. The molecule has 140 valence electrons. The van der Waals surface area contributed by atoms with Crippen molar-refractivity contribution in [3.8, 4) is 0 Å². The van der Waals surface area contributed by atoms with Gasteiger partial charge in [0.25, 0.3) is 0 Å². The summed E-state index contributed by atoms with van der Waals surface area (Å²) in [5, 5.41) is 5.80. The van der Waals surface area contributed by atoms with Crippen LogP contribution in [-0.4, -0.2) is 40.8 Å². The summed E-state index contributed by atoms with van der Waals surface area (Å²) in [5.74, 6) is -0.122. The van der Waals surface area contributed by atoms with Crippen molar-refractivity contribution in [3.05, 3.63) is 66.0 Å². The lowest BCUT2D eigenvalue weighted by atomic mass is 9.84. The quantitative estimate of drug-likeness (QED) is 0.843. The second-order valence-corrected chi connectivity index (χ2v) is 7.50. The minimum absolute atomic E-state index is 0.0102. The Morgan fingerprint density at radius 3 is 2.81 bits per heavy atom. The van der Waals surface area contributed by atoms with Crippen molar-refractivity contribution in [1.82, 2.24) is 20.5 Å². The van der Waals surface area contributed by atoms with Gasteiger partial charge in [-0.3, -0.25) is 19.5 Å². The Morgan fingerprint density at radius 1 is 1.22 bits per heavy atom. The number of hydrogen-bond acceptors (Lipinski definition) is 4. The Bertz CT molecular complexity index is 811. The number of pyridine rings is 1. The van der Waals surface area contributed by atoms with E-state index >= 15 is 0 Å². The normalized spacial score (nSPS) is 24.9. The molecule has 1 aromatic heterocycles. The number of carbonyl (C=O) groups excluding carboxylic acids is 2. The molecule has 2 N–H and O–H groups in total. The smallest absolute Gasteiger partial charge is 0.242 e. The SMILES string of the molecule is O=C(NCc1ccccn1)[C@@H]1C[C@]2(CCN(Cc3ccccc3)C2)C(=O)N1. The van der Waals surface area contributed by atoms with Crippen molar-refractivity contribution in [2.75, 3.05) is 13.1 Å². The van der Waals surface area contributed by atoms with Crippen molar-refractivity contribution in [2.24, 2.45) is 5.41 Å². The first-order chi connectivity index (χ1) is 13.1. The number of benzene rings is 1. The molecule has 0 bridgehead atoms. The van der Waals surface area contributed by atoms with Crippen LogP contribution in [-0.2, 0) is 22.7 Å². The molecule has 0 radical (unpaired) electrons. The lowest BCUT2D eigenvalue weighted by Crippen LogP contribution is -2.41. The number of carbonyl (C=O) groups is 2. The molecule has 4 rings (SSSR count). The van der Waals surface area contributed by atoms with Gasteiger partial charge in [0, 0.05) is 19.3 Å². The number of rotatable bonds is 5. The average molecular weight is 364 g/mol. The Labute approximate surface area is 159 Å². The highest BCUT2D eigenvalue weighted by molar-refractivity contribution is 5.94. The lowest BCUT2D eigenvalue weighted by molar-refractivity contribution is -0.128. The third kappa shape index (κ3) is 3.85. The zero-order chi connectivity index (χ0) is 18.7. The van der Waals surface area contributed by atoms with Crippen molar-refractivity contribution >= 4 is 11.8 Å². The lowest BCUT2D eigenvalue weighted by Gasteiger charge is -2.21. The third-order valence-corrected chi connectivity index (χ3v) is 5.55. The highest BCUT2D eigenvalue weighted by atomic mass is 16.2. The molecule has 2 aliphatic heterocycles. The van der Waals surface area contributed by atoms with E-state index in [-0.39, 0.29) is 11.8 Å². The summed E-state index contributed by atoms with van der Waals surface area (Å²) in [5.41, 5.74) is 1.61. The zero-order valence-electron chi connectivity index (χ0n) is 15.2. The second-order valence-electron chi connectivity index (χ2n) is 7.50. The Kier molecular flexibility index (Phi) is 4.90. The first-order valence-corrected chi connectivity index (χ1v) is 9.40. The maximum Gasteiger partial charge on any atom is 0.242 e. The van der Waals surface area contributed by atoms with Gasteiger partial charge < -0.3 is 10.6 Å². The van der Waals surface area contributed by atoms with Crippen LogP contribution in [0.4, 0.5) is 0 Å². The van der Waals surface area contributed by atoms with Crippen molar-refractivity contribution in [2.45, 2.75) is 32.0 Å². The molecule has 0 unspecified atom stereocenters. The van der Waals surface area contributed by atoms with Crippen LogP contribution in [0.3, 0.4) is 0 Å². The molecule has 3 heterocycles. The van der Waals surface area contributed by atoms with E-state index in [9.17, 15) is 9.59 Å². The summed E-state index contributed by atoms with van der Waals surface area (Å²) >= 11 is 0. The number of aromatic nitrogens is 1. The summed E-state index contributed by atoms with van der Waals surface area (Å²) in [6, 6.07) is 15.4. The van der Waals surface area contributed by atoms with Crippen LogP contribution in [0, 0.1) is 5.41 Å². The van der Waals surface area contributed by atoms with Gasteiger partial charge in [0.15, 0.2) is 0 Å². The van der Waals surface area contributed by atoms with Gasteiger partial charge >= 0.3 is 0 Å². The summed E-state index contributed by atoms with van der Waals surface area (Å²) in [4.78, 5) is 31.7. The van der Waals surface area contributed by atoms with Crippen LogP contribution in [0.2, 0.25) is 0 Å². The molecular weight excluding hydrogens is 340 g/mol. The Balaban J connectivity index is 1.34. The topological polar surface area (TPSA) is 74.3 Å². The first kappa shape index (κ1) is 17.7. The summed E-state index contributed by atoms with van der Waals surface area (Å²) < 4.78 is 0. The largest absolute Gasteiger partial charge is 0.349 e. The minimum atomic E-state index is -0.460. The van der Waals surface area contributed by atoms with Crippen molar-refractivity contribution in [1.29, 1.82) is 0 Å². The molecule has 2 atom stereocenters. The highest BCUT2D eigenvalue weighted by Gasteiger charge is 2.52. The molecule has 2 aliphatic rings. The van der Waals surface area contributed by atoms with E-state index in [1.54, 1.807) is 6.20 Å². The fraction of sp³-hybridized carbons (Fsp3) is 0.381. The predicted octanol–water partition coefficient (Wildman–Crippen LogP) is 1.48. The number of nitrogens with one attached hydrogen (secondary N) is 2. The number of hydrogen-bond donors (Lipinski definition) is 2. The van der Waals surface area contributed by atoms with Crippen LogP contribution in [0.5, 0.6) is 0 Å². The summed E-state index contributed by atoms with van der Waals surface area (Å²) in [6.45, 7) is 2.80. The van der Waals surface area contributed by atoms with Gasteiger partial charge in [-0.15, -0.1) is 0 Å². The average Bonchev–Trinajstić information content (AvgIpc) is 3.25. The fourth-order valence-electron chi connectivity index (χ4n) is 4.09. The zero-order valence-corrected chi connectivity index (χ0v) is 15.2. The van der Waals surface area contributed by atoms with E-state index in [0.717, 1.165) is 25.2 Å². The van der Waals surface area contributed by atoms with Gasteiger partial charge in [-0.05, 0) is 37.1 Å². The molecule has 6 nitrogen and oxygen atoms in total. The van der Waals surface area contributed by atoms with Crippen LogP contribution in [0.15, 0.2) is 54.7 Å². The minimum Gasteiger partial charge on any atom is -0.349 e. The Hall–Kier alpha value is -2.73. The van der Waals surface area contributed by atoms with E-state index in [0.29, 0.717) is 19.5 Å². The third-order valence-electron chi connectivity index (χ3n) is 5.55. The van der Waals surface area contributed by atoms with Gasteiger partial charge in [0.05, 0.1) is 17.7 Å². The number of likely N-dealkylation sites (tertiary alicyclic amines) is 1. The molecular formula is C21H24N4O2. The summed E-state index contributed by atoms with van der Waals surface area (Å²) in [7, 11) is 0. The van der Waals surface area contributed by atoms with E-state index in [2.05, 4.69) is 32.7 Å². The maximum absolute atomic E-state index is 12.7. The van der Waals surface area contributed by atoms with E-state index in [1.807, 2.05) is 36.4 Å². The highest BCUT2D eigenvalue weighted by Crippen LogP contribution is 2.40. The van der Waals surface area contributed by atoms with Crippen LogP contribution < -0.4 is 10.6 Å². The van der Waals surface area contributed by atoms with Gasteiger partial charge in [-0.2, -0.15) is 0 Å². The molecule has 27 heavy (non-hydrogen) atoms. The Morgan fingerprint density at radius 2 is 2.04 bits per heavy atom. The number of nitrogens with zero attached hydrogens (tertiary/aromatic N) is 2. The van der Waals surface area contributed by atoms with Gasteiger partial charge in [-0.25, -0.2) is 0 Å². The van der Waals surface area contributed by atoms with E-state index in [1.165, 1.54) is 5.56 Å². The van der Waals surface area contributed by atoms with Crippen LogP contribution in [0.1, 0.15) is 24.1 Å². The number of amides is 2. The van der Waals surface area contributed by atoms with E-state index < -0.39 is 11.5 Å². The maximum atomic E-state index is 12.7. The molecule has 2 fully saturated rings. The monoisotopic (exact) mass is 364 g/mol. The fourth-order valence-corrected chi connectivity index (χ4v) is 4.09. The van der Waals surface area contributed by atoms with Crippen LogP contribution in [0.25, 0.3) is 0 Å². The van der Waals surface area contributed by atoms with Gasteiger partial charge in [0.2, 0.25) is 11.8 Å². The predicted molar refractivity (Wildman–Crippen MR) is 101 cm³/mol. The molecule has 1 spiro atoms. The van der Waals surface area contributed by atoms with Crippen LogP contribution >= 0.6 is 0 Å². The molecule has 2 aromatic rings. The molecule has 6 heteroatoms. The molecule has 2 saturated heterocycles. The van der Waals surface area contributed by atoms with Crippen molar-refractivity contribution in [3.63, 3.8) is 0 Å². The second kappa shape index (κ2) is 7.48. The van der Waals surface area contributed by atoms with Gasteiger partial charge in [-0.1, -0.05) is 36.4 Å². The molecule has 0 aliphatic carbocycles. The molecule has 1 aromatic carbocycles. The summed E-state index contributed by atoms with van der Waals surface area (Å²) in [6.07, 6.45) is 3.06. The van der Waals surface area contributed by atoms with E-state index in [4.69, 9.17) is 0 Å². The van der Waals surface area contributed by atoms with Gasteiger partial charge in [0.1, 0.15) is 6.04 Å². The molecule has 2 amide bonds. The first-order valence-electron chi connectivity index (χ1n) is 9.40.